The topological polar surface area (TPSA) is 73.8 Å². The van der Waals surface area contributed by atoms with Crippen LogP contribution in [-0.4, -0.2) is 70.4 Å². The number of rotatable bonds is 5. The van der Waals surface area contributed by atoms with Crippen molar-refractivity contribution in [3.63, 3.8) is 0 Å². The maximum absolute atomic E-state index is 16.8. The summed E-state index contributed by atoms with van der Waals surface area (Å²) in [4.78, 5) is 14.4. The number of piperazine rings is 1. The molecule has 7 nitrogen and oxygen atoms in total. The molecule has 41 heavy (non-hydrogen) atoms. The van der Waals surface area contributed by atoms with Crippen LogP contribution in [0.15, 0.2) is 42.5 Å². The lowest BCUT2D eigenvalue weighted by atomic mass is 9.96. The number of fused-ring (bicyclic) bond motifs is 8. The van der Waals surface area contributed by atoms with Crippen molar-refractivity contribution in [2.45, 2.75) is 68.7 Å². The number of hydrogen-bond donors (Lipinski definition) is 2. The van der Waals surface area contributed by atoms with E-state index < -0.39 is 5.82 Å². The lowest BCUT2D eigenvalue weighted by Crippen LogP contribution is -2.59. The van der Waals surface area contributed by atoms with Gasteiger partial charge in [-0.1, -0.05) is 35.9 Å². The Morgan fingerprint density at radius 1 is 1.02 bits per heavy atom. The Kier molecular flexibility index (Phi) is 6.02. The number of hydrogen-bond acceptors (Lipinski definition) is 7. The SMILES string of the molecule is CN1CCC[C@H]1COc1nc(N2C3CCC2C2CCC3N2)c2cc(Cl)c(-c3cc(O)cc4ccccc34)c(F)c2n1. The Morgan fingerprint density at radius 2 is 1.80 bits per heavy atom. The number of likely N-dealkylation sites (N-methyl/N-ethyl adjacent to an activating group) is 1. The number of likely N-dealkylation sites (tertiary alicyclic amines) is 1. The van der Waals surface area contributed by atoms with E-state index in [1.165, 1.54) is 0 Å². The summed E-state index contributed by atoms with van der Waals surface area (Å²) in [6.07, 6.45) is 6.64. The van der Waals surface area contributed by atoms with E-state index in [4.69, 9.17) is 21.3 Å². The molecule has 3 aromatic carbocycles. The van der Waals surface area contributed by atoms with Crippen LogP contribution < -0.4 is 15.0 Å². The first kappa shape index (κ1) is 25.5. The molecular weight excluding hydrogens is 541 g/mol. The van der Waals surface area contributed by atoms with Gasteiger partial charge in [-0.05, 0) is 86.7 Å². The molecule has 212 valence electrons. The lowest BCUT2D eigenvalue weighted by molar-refractivity contribution is 0.188. The molecule has 4 bridgehead atoms. The van der Waals surface area contributed by atoms with Gasteiger partial charge >= 0.3 is 6.01 Å². The Hall–Kier alpha value is -3.20. The predicted molar refractivity (Wildman–Crippen MR) is 159 cm³/mol. The van der Waals surface area contributed by atoms with Crippen molar-refractivity contribution in [2.24, 2.45) is 0 Å². The summed E-state index contributed by atoms with van der Waals surface area (Å²) in [6, 6.07) is 14.5. The number of anilines is 1. The third-order valence-electron chi connectivity index (χ3n) is 9.90. The first-order chi connectivity index (χ1) is 20.0. The highest BCUT2D eigenvalue weighted by molar-refractivity contribution is 6.35. The normalized spacial score (nSPS) is 27.4. The summed E-state index contributed by atoms with van der Waals surface area (Å²) in [5.74, 6) is 0.235. The van der Waals surface area contributed by atoms with Crippen LogP contribution in [0.5, 0.6) is 11.8 Å². The van der Waals surface area contributed by atoms with Gasteiger partial charge in [-0.15, -0.1) is 0 Å². The van der Waals surface area contributed by atoms with Crippen LogP contribution in [0.4, 0.5) is 10.2 Å². The Labute approximate surface area is 243 Å². The van der Waals surface area contributed by atoms with E-state index in [0.29, 0.717) is 47.5 Å². The molecule has 0 aliphatic carbocycles. The van der Waals surface area contributed by atoms with Crippen molar-refractivity contribution >= 4 is 39.1 Å². The quantitative estimate of drug-likeness (QED) is 0.308. The second-order valence-corrected chi connectivity index (χ2v) is 12.6. The zero-order valence-electron chi connectivity index (χ0n) is 23.0. The summed E-state index contributed by atoms with van der Waals surface area (Å²) in [6.45, 7) is 1.50. The van der Waals surface area contributed by atoms with Gasteiger partial charge in [-0.25, -0.2) is 4.39 Å². The average Bonchev–Trinajstić information content (AvgIpc) is 3.66. The fraction of sp³-hybridized carbons (Fsp3) is 0.438. The van der Waals surface area contributed by atoms with Crippen LogP contribution in [-0.2, 0) is 0 Å². The number of ether oxygens (including phenoxy) is 1. The van der Waals surface area contributed by atoms with E-state index in [-0.39, 0.29) is 33.9 Å². The highest BCUT2D eigenvalue weighted by Gasteiger charge is 2.51. The number of nitrogens with one attached hydrogen (secondary N) is 1. The van der Waals surface area contributed by atoms with Gasteiger partial charge in [0.25, 0.3) is 0 Å². The predicted octanol–water partition coefficient (Wildman–Crippen LogP) is 5.89. The van der Waals surface area contributed by atoms with Crippen molar-refractivity contribution in [2.75, 3.05) is 25.1 Å². The first-order valence-corrected chi connectivity index (χ1v) is 15.1. The second-order valence-electron chi connectivity index (χ2n) is 12.2. The average molecular weight is 574 g/mol. The van der Waals surface area contributed by atoms with Gasteiger partial charge in [-0.2, -0.15) is 9.97 Å². The van der Waals surface area contributed by atoms with Crippen molar-refractivity contribution in [3.8, 4) is 22.9 Å². The molecule has 5 atom stereocenters. The molecule has 4 unspecified atom stereocenters. The van der Waals surface area contributed by atoms with Crippen molar-refractivity contribution in [1.29, 1.82) is 0 Å². The third kappa shape index (κ3) is 4.06. The van der Waals surface area contributed by atoms with Gasteiger partial charge in [0, 0.05) is 41.2 Å². The number of phenols is 1. The number of phenolic OH excluding ortho intramolecular Hbond substituents is 1. The zero-order chi connectivity index (χ0) is 27.8. The standard InChI is InChI=1S/C32H33ClFN5O2/c1-38-12-4-6-18(38)16-41-32-36-30-22(31(37-32)39-26-10-11-27(39)25-9-8-24(26)35-25)15-23(33)28(29(30)34)21-14-19(40)13-17-5-2-3-7-20(17)21/h2-3,5,7,13-15,18,24-27,35,40H,4,6,8-12,16H2,1H3/t18-,24?,25?,26?,27?/m0/s1. The molecule has 4 aromatic rings. The van der Waals surface area contributed by atoms with Crippen LogP contribution in [0.2, 0.25) is 5.02 Å². The smallest absolute Gasteiger partial charge is 0.319 e. The number of nitrogens with zero attached hydrogens (tertiary/aromatic N) is 4. The molecular formula is C32H33ClFN5O2. The van der Waals surface area contributed by atoms with Crippen LogP contribution >= 0.6 is 11.6 Å². The van der Waals surface area contributed by atoms with Crippen LogP contribution in [0.1, 0.15) is 38.5 Å². The monoisotopic (exact) mass is 573 g/mol. The van der Waals surface area contributed by atoms with E-state index in [1.807, 2.05) is 24.3 Å². The van der Waals surface area contributed by atoms with Gasteiger partial charge < -0.3 is 25.0 Å². The van der Waals surface area contributed by atoms with Gasteiger partial charge in [-0.3, -0.25) is 0 Å². The van der Waals surface area contributed by atoms with E-state index in [2.05, 4.69) is 27.1 Å². The van der Waals surface area contributed by atoms with E-state index in [1.54, 1.807) is 18.2 Å². The second kappa shape index (κ2) is 9.68. The van der Waals surface area contributed by atoms with Crippen LogP contribution in [0.3, 0.4) is 0 Å². The van der Waals surface area contributed by atoms with E-state index in [9.17, 15) is 5.11 Å². The van der Waals surface area contributed by atoms with Gasteiger partial charge in [0.05, 0.1) is 5.02 Å². The molecule has 4 aliphatic heterocycles. The molecule has 0 spiro atoms. The number of aromatic nitrogens is 2. The minimum Gasteiger partial charge on any atom is -0.508 e. The molecule has 1 aromatic heterocycles. The number of halogens is 2. The summed E-state index contributed by atoms with van der Waals surface area (Å²) in [7, 11) is 2.11. The Bertz CT molecular complexity index is 1670. The highest BCUT2D eigenvalue weighted by Crippen LogP contribution is 2.47. The highest BCUT2D eigenvalue weighted by atomic mass is 35.5. The van der Waals surface area contributed by atoms with Crippen LogP contribution in [0, 0.1) is 5.82 Å². The number of benzene rings is 3. The van der Waals surface area contributed by atoms with Crippen LogP contribution in [0.25, 0.3) is 32.8 Å². The van der Waals surface area contributed by atoms with Gasteiger partial charge in [0.15, 0.2) is 5.82 Å². The molecule has 9 heteroatoms. The zero-order valence-corrected chi connectivity index (χ0v) is 23.7. The van der Waals surface area contributed by atoms with Gasteiger partial charge in [0.1, 0.15) is 23.7 Å². The van der Waals surface area contributed by atoms with Gasteiger partial charge in [0.2, 0.25) is 0 Å². The van der Waals surface area contributed by atoms with Crippen molar-refractivity contribution in [3.05, 3.63) is 53.3 Å². The van der Waals surface area contributed by atoms with E-state index in [0.717, 1.165) is 55.8 Å². The lowest BCUT2D eigenvalue weighted by Gasteiger charge is -2.41. The van der Waals surface area contributed by atoms with E-state index >= 15 is 4.39 Å². The molecule has 0 saturated carbocycles. The minimum absolute atomic E-state index is 0.0511. The van der Waals surface area contributed by atoms with Crippen molar-refractivity contribution < 1.29 is 14.2 Å². The molecule has 2 N–H and O–H groups in total. The fourth-order valence-corrected chi connectivity index (χ4v) is 8.20. The van der Waals surface area contributed by atoms with Crippen molar-refractivity contribution in [1.82, 2.24) is 20.2 Å². The molecule has 8 rings (SSSR count). The summed E-state index contributed by atoms with van der Waals surface area (Å²) < 4.78 is 23.1. The third-order valence-corrected chi connectivity index (χ3v) is 10.2. The summed E-state index contributed by atoms with van der Waals surface area (Å²) in [5, 5.41) is 16.8. The Morgan fingerprint density at radius 3 is 2.56 bits per heavy atom. The minimum atomic E-state index is -0.528. The fourth-order valence-electron chi connectivity index (χ4n) is 7.91. The number of aromatic hydroxyl groups is 1. The summed E-state index contributed by atoms with van der Waals surface area (Å²) in [5.41, 5.74) is 0.947. The molecule has 0 radical (unpaired) electrons. The first-order valence-electron chi connectivity index (χ1n) is 14.8. The molecule has 0 amide bonds. The molecule has 4 aliphatic rings. The maximum atomic E-state index is 16.8. The molecule has 4 saturated heterocycles. The molecule has 4 fully saturated rings. The Balaban J connectivity index is 1.31. The molecule has 5 heterocycles. The largest absolute Gasteiger partial charge is 0.508 e. The summed E-state index contributed by atoms with van der Waals surface area (Å²) >= 11 is 6.92. The maximum Gasteiger partial charge on any atom is 0.319 e.